The zero-order chi connectivity index (χ0) is 21.1. The third kappa shape index (κ3) is 4.36. The average molecular weight is 444 g/mol. The number of carbonyl (C=O) groups excluding carboxylic acids is 1. The second-order valence-corrected chi connectivity index (χ2v) is 8.94. The highest BCUT2D eigenvalue weighted by Gasteiger charge is 2.29. The molecule has 0 bridgehead atoms. The molecule has 3 aromatic rings. The van der Waals surface area contributed by atoms with E-state index in [9.17, 15) is 19.3 Å². The number of rotatable bonds is 5. The van der Waals surface area contributed by atoms with E-state index in [1.54, 1.807) is 40.6 Å². The number of nitro groups is 1. The van der Waals surface area contributed by atoms with Gasteiger partial charge < -0.3 is 4.90 Å². The van der Waals surface area contributed by atoms with E-state index in [0.29, 0.717) is 22.9 Å². The summed E-state index contributed by atoms with van der Waals surface area (Å²) in [5, 5.41) is 14.2. The van der Waals surface area contributed by atoms with Crippen LogP contribution in [0.2, 0.25) is 0 Å². The van der Waals surface area contributed by atoms with Gasteiger partial charge in [-0.25, -0.2) is 9.37 Å². The van der Waals surface area contributed by atoms with E-state index in [1.165, 1.54) is 24.3 Å². The predicted octanol–water partition coefficient (Wildman–Crippen LogP) is 5.36. The number of piperidine rings is 1. The van der Waals surface area contributed by atoms with E-state index >= 15 is 0 Å². The quantitative estimate of drug-likeness (QED) is 0.392. The fourth-order valence-corrected chi connectivity index (χ4v) is 5.21. The van der Waals surface area contributed by atoms with Gasteiger partial charge in [0.05, 0.1) is 15.5 Å². The molecule has 1 unspecified atom stereocenters. The van der Waals surface area contributed by atoms with Crippen LogP contribution in [0.5, 0.6) is 0 Å². The Hall–Kier alpha value is -2.78. The Morgan fingerprint density at radius 2 is 2.10 bits per heavy atom. The number of nitro benzene ring substituents is 1. The van der Waals surface area contributed by atoms with Gasteiger partial charge in [-0.2, -0.15) is 0 Å². The molecule has 1 saturated heterocycles. The number of carbonyl (C=O) groups is 1. The van der Waals surface area contributed by atoms with E-state index in [1.807, 2.05) is 5.38 Å². The number of non-ortho nitro benzene ring substituents is 1. The van der Waals surface area contributed by atoms with Gasteiger partial charge in [0, 0.05) is 52.5 Å². The minimum absolute atomic E-state index is 0.157. The van der Waals surface area contributed by atoms with Crippen molar-refractivity contribution >= 4 is 34.7 Å². The molecule has 0 aliphatic carbocycles. The molecule has 1 aliphatic rings. The highest BCUT2D eigenvalue weighted by Crippen LogP contribution is 2.36. The summed E-state index contributed by atoms with van der Waals surface area (Å²) < 4.78 is 14.1. The summed E-state index contributed by atoms with van der Waals surface area (Å²) in [7, 11) is 0. The maximum Gasteiger partial charge on any atom is 0.270 e. The van der Waals surface area contributed by atoms with Crippen molar-refractivity contribution in [2.24, 2.45) is 0 Å². The maximum atomic E-state index is 14.1. The van der Waals surface area contributed by atoms with Crippen molar-refractivity contribution < 1.29 is 14.1 Å². The highest BCUT2D eigenvalue weighted by atomic mass is 32.2. The first-order chi connectivity index (χ1) is 14.5. The Balaban J connectivity index is 1.65. The largest absolute Gasteiger partial charge is 0.338 e. The summed E-state index contributed by atoms with van der Waals surface area (Å²) in [5.74, 6) is -0.524. The molecule has 1 atom stereocenters. The van der Waals surface area contributed by atoms with Crippen LogP contribution in [0.4, 0.5) is 10.1 Å². The molecule has 0 radical (unpaired) electrons. The molecular formula is C21H18FN3O3S2. The minimum Gasteiger partial charge on any atom is -0.338 e. The number of likely N-dealkylation sites (tertiary alicyclic amines) is 1. The Labute approximate surface area is 180 Å². The molecule has 1 aromatic heterocycles. The van der Waals surface area contributed by atoms with E-state index in [-0.39, 0.29) is 23.1 Å². The normalized spacial score (nSPS) is 16.4. The molecule has 0 saturated carbocycles. The van der Waals surface area contributed by atoms with Crippen molar-refractivity contribution in [3.05, 3.63) is 80.5 Å². The van der Waals surface area contributed by atoms with Gasteiger partial charge in [0.2, 0.25) is 0 Å². The molecule has 0 spiro atoms. The highest BCUT2D eigenvalue weighted by molar-refractivity contribution is 7.99. The maximum absolute atomic E-state index is 14.1. The van der Waals surface area contributed by atoms with Crippen LogP contribution in [0.25, 0.3) is 0 Å². The fraction of sp³-hybridized carbons (Fsp3) is 0.238. The van der Waals surface area contributed by atoms with Gasteiger partial charge in [-0.15, -0.1) is 11.3 Å². The minimum atomic E-state index is -0.525. The van der Waals surface area contributed by atoms with Crippen LogP contribution in [-0.2, 0) is 0 Å². The number of hydrogen-bond acceptors (Lipinski definition) is 6. The lowest BCUT2D eigenvalue weighted by Crippen LogP contribution is -2.39. The van der Waals surface area contributed by atoms with Crippen molar-refractivity contribution in [3.8, 4) is 0 Å². The molecule has 2 aromatic carbocycles. The Morgan fingerprint density at radius 3 is 2.83 bits per heavy atom. The summed E-state index contributed by atoms with van der Waals surface area (Å²) in [6.45, 7) is 1.09. The van der Waals surface area contributed by atoms with Crippen LogP contribution < -0.4 is 0 Å². The molecular weight excluding hydrogens is 425 g/mol. The number of halogens is 1. The van der Waals surface area contributed by atoms with Gasteiger partial charge in [-0.05, 0) is 31.0 Å². The van der Waals surface area contributed by atoms with Gasteiger partial charge in [0.15, 0.2) is 0 Å². The van der Waals surface area contributed by atoms with Crippen LogP contribution in [-0.4, -0.2) is 33.8 Å². The predicted molar refractivity (Wildman–Crippen MR) is 114 cm³/mol. The first-order valence-corrected chi connectivity index (χ1v) is 11.1. The number of nitrogens with zero attached hydrogens (tertiary/aromatic N) is 3. The second-order valence-electron chi connectivity index (χ2n) is 6.93. The van der Waals surface area contributed by atoms with E-state index in [0.717, 1.165) is 29.6 Å². The molecule has 0 N–H and O–H groups in total. The lowest BCUT2D eigenvalue weighted by atomic mass is 9.98. The molecule has 1 amide bonds. The molecule has 1 aliphatic heterocycles. The average Bonchev–Trinajstić information content (AvgIpc) is 3.30. The Bertz CT molecular complexity index is 1080. The van der Waals surface area contributed by atoms with E-state index in [2.05, 4.69) is 4.98 Å². The van der Waals surface area contributed by atoms with Crippen molar-refractivity contribution in [1.82, 2.24) is 9.88 Å². The van der Waals surface area contributed by atoms with Crippen LogP contribution >= 0.6 is 23.1 Å². The van der Waals surface area contributed by atoms with Crippen LogP contribution in [0.1, 0.15) is 34.1 Å². The first-order valence-electron chi connectivity index (χ1n) is 9.42. The summed E-state index contributed by atoms with van der Waals surface area (Å²) in [5.41, 5.74) is 0.0574. The van der Waals surface area contributed by atoms with Gasteiger partial charge in [-0.3, -0.25) is 14.9 Å². The number of benzene rings is 2. The third-order valence-corrected chi connectivity index (χ3v) is 7.04. The number of aromatic nitrogens is 1. The number of amides is 1. The second kappa shape index (κ2) is 8.93. The Kier molecular flexibility index (Phi) is 6.10. The topological polar surface area (TPSA) is 76.3 Å². The zero-order valence-corrected chi connectivity index (χ0v) is 17.5. The van der Waals surface area contributed by atoms with Gasteiger partial charge >= 0.3 is 0 Å². The van der Waals surface area contributed by atoms with Gasteiger partial charge in [-0.1, -0.05) is 23.9 Å². The van der Waals surface area contributed by atoms with Gasteiger partial charge in [0.1, 0.15) is 5.82 Å². The molecule has 6 nitrogen and oxygen atoms in total. The molecule has 1 fully saturated rings. The molecule has 2 heterocycles. The smallest absolute Gasteiger partial charge is 0.270 e. The molecule has 30 heavy (non-hydrogen) atoms. The summed E-state index contributed by atoms with van der Waals surface area (Å²) >= 11 is 2.66. The van der Waals surface area contributed by atoms with Crippen molar-refractivity contribution in [2.75, 3.05) is 13.1 Å². The fourth-order valence-electron chi connectivity index (χ4n) is 3.50. The first kappa shape index (κ1) is 20.5. The Morgan fingerprint density at radius 1 is 1.27 bits per heavy atom. The van der Waals surface area contributed by atoms with Crippen molar-refractivity contribution in [2.45, 2.75) is 28.6 Å². The molecule has 4 rings (SSSR count). The third-order valence-electron chi connectivity index (χ3n) is 4.97. The lowest BCUT2D eigenvalue weighted by molar-refractivity contribution is -0.384. The zero-order valence-electron chi connectivity index (χ0n) is 15.9. The van der Waals surface area contributed by atoms with Crippen LogP contribution in [0, 0.1) is 15.9 Å². The van der Waals surface area contributed by atoms with Crippen LogP contribution in [0.3, 0.4) is 0 Å². The lowest BCUT2D eigenvalue weighted by Gasteiger charge is -2.32. The standard InChI is InChI=1S/C21H18FN3O3S2/c22-17-5-1-2-6-19(17)30-18-8-7-15(25(27)28)12-16(18)21(26)24-10-3-4-14(13-24)20-23-9-11-29-20/h1-2,5-9,11-12,14H,3-4,10,13H2. The molecule has 154 valence electrons. The monoisotopic (exact) mass is 443 g/mol. The summed E-state index contributed by atoms with van der Waals surface area (Å²) in [4.78, 5) is 31.1. The van der Waals surface area contributed by atoms with E-state index in [4.69, 9.17) is 0 Å². The summed E-state index contributed by atoms with van der Waals surface area (Å²) in [6, 6.07) is 10.4. The molecule has 9 heteroatoms. The van der Waals surface area contributed by atoms with Crippen molar-refractivity contribution in [3.63, 3.8) is 0 Å². The van der Waals surface area contributed by atoms with Crippen LogP contribution in [0.15, 0.2) is 63.8 Å². The SMILES string of the molecule is O=C(c1cc([N+](=O)[O-])ccc1Sc1ccccc1F)N1CCCC(c2nccs2)C1. The van der Waals surface area contributed by atoms with E-state index < -0.39 is 10.7 Å². The summed E-state index contributed by atoms with van der Waals surface area (Å²) in [6.07, 6.45) is 3.54. The van der Waals surface area contributed by atoms with Crippen molar-refractivity contribution in [1.29, 1.82) is 0 Å². The van der Waals surface area contributed by atoms with Gasteiger partial charge in [0.25, 0.3) is 11.6 Å². The number of thiazole rings is 1. The number of hydrogen-bond donors (Lipinski definition) is 0.